The molecule has 1 aliphatic heterocycles. The van der Waals surface area contributed by atoms with Crippen molar-refractivity contribution in [3.05, 3.63) is 59.4 Å². The van der Waals surface area contributed by atoms with Crippen molar-refractivity contribution >= 4 is 29.2 Å². The Balaban J connectivity index is 1.70. The van der Waals surface area contributed by atoms with Crippen LogP contribution in [-0.4, -0.2) is 29.4 Å². The molecule has 0 aliphatic carbocycles. The van der Waals surface area contributed by atoms with Crippen LogP contribution >= 0.6 is 0 Å². The summed E-state index contributed by atoms with van der Waals surface area (Å²) in [5.41, 5.74) is 2.13. The van der Waals surface area contributed by atoms with Gasteiger partial charge in [-0.1, -0.05) is 31.2 Å². The lowest BCUT2D eigenvalue weighted by Gasteiger charge is -2.20. The van der Waals surface area contributed by atoms with Crippen LogP contribution in [0.25, 0.3) is 0 Å². The van der Waals surface area contributed by atoms with Gasteiger partial charge < -0.3 is 15.3 Å². The number of aliphatic carboxylic acids is 1. The van der Waals surface area contributed by atoms with E-state index in [1.165, 1.54) is 12.1 Å². The first-order valence-electron chi connectivity index (χ1n) is 9.08. The van der Waals surface area contributed by atoms with Gasteiger partial charge in [0.25, 0.3) is 0 Å². The highest BCUT2D eigenvalue weighted by molar-refractivity contribution is 6.03. The Kier molecular flexibility index (Phi) is 5.73. The van der Waals surface area contributed by atoms with E-state index in [4.69, 9.17) is 5.11 Å². The molecule has 2 amide bonds. The van der Waals surface area contributed by atoms with Gasteiger partial charge >= 0.3 is 5.97 Å². The van der Waals surface area contributed by atoms with Crippen molar-refractivity contribution in [1.29, 1.82) is 0 Å². The van der Waals surface area contributed by atoms with Crippen LogP contribution in [0.2, 0.25) is 0 Å². The van der Waals surface area contributed by atoms with Crippen LogP contribution in [0, 0.1) is 11.7 Å². The van der Waals surface area contributed by atoms with Crippen LogP contribution in [-0.2, 0) is 27.2 Å². The molecule has 0 radical (unpaired) electrons. The Morgan fingerprint density at radius 2 is 1.96 bits per heavy atom. The number of carboxylic acids is 1. The topological polar surface area (TPSA) is 86.7 Å². The number of benzene rings is 2. The molecule has 2 aromatic rings. The van der Waals surface area contributed by atoms with Gasteiger partial charge in [-0.15, -0.1) is 0 Å². The standard InChI is InChI=1S/C21H21FN2O4/c1-2-13-5-3-4-6-18(13)24-12-15(9-19(24)25)21(28)23-16-8-7-14(10-20(26)27)17(22)11-16/h3-8,11,15H,2,9-10,12H2,1H3,(H,23,28)(H,26,27). The number of aryl methyl sites for hydroxylation is 1. The van der Waals surface area contributed by atoms with E-state index >= 15 is 0 Å². The van der Waals surface area contributed by atoms with Crippen LogP contribution in [0.4, 0.5) is 15.8 Å². The average molecular weight is 384 g/mol. The molecule has 1 heterocycles. The summed E-state index contributed by atoms with van der Waals surface area (Å²) in [5.74, 6) is -2.85. The first-order valence-corrected chi connectivity index (χ1v) is 9.08. The van der Waals surface area contributed by atoms with Crippen molar-refractivity contribution in [2.75, 3.05) is 16.8 Å². The fourth-order valence-electron chi connectivity index (χ4n) is 3.36. The summed E-state index contributed by atoms with van der Waals surface area (Å²) in [7, 11) is 0. The molecule has 6 nitrogen and oxygen atoms in total. The number of amides is 2. The molecule has 2 aromatic carbocycles. The zero-order chi connectivity index (χ0) is 20.3. The number of hydrogen-bond donors (Lipinski definition) is 2. The second kappa shape index (κ2) is 8.21. The number of carbonyl (C=O) groups excluding carboxylic acids is 2. The molecule has 0 bridgehead atoms. The lowest BCUT2D eigenvalue weighted by molar-refractivity contribution is -0.136. The van der Waals surface area contributed by atoms with Crippen LogP contribution in [0.1, 0.15) is 24.5 Å². The number of anilines is 2. The van der Waals surface area contributed by atoms with E-state index in [0.29, 0.717) is 0 Å². The third-order valence-corrected chi connectivity index (χ3v) is 4.82. The molecule has 0 saturated carbocycles. The van der Waals surface area contributed by atoms with Gasteiger partial charge in [-0.3, -0.25) is 14.4 Å². The van der Waals surface area contributed by atoms with Crippen molar-refractivity contribution in [1.82, 2.24) is 0 Å². The van der Waals surface area contributed by atoms with Gasteiger partial charge in [-0.2, -0.15) is 0 Å². The highest BCUT2D eigenvalue weighted by Gasteiger charge is 2.35. The quantitative estimate of drug-likeness (QED) is 0.802. The fraction of sp³-hybridized carbons (Fsp3) is 0.286. The van der Waals surface area contributed by atoms with Crippen molar-refractivity contribution in [3.8, 4) is 0 Å². The molecule has 146 valence electrons. The summed E-state index contributed by atoms with van der Waals surface area (Å²) in [5, 5.41) is 11.4. The Labute approximate surface area is 162 Å². The number of nitrogens with one attached hydrogen (secondary N) is 1. The van der Waals surface area contributed by atoms with Gasteiger partial charge in [0.05, 0.1) is 12.3 Å². The molecule has 7 heteroatoms. The molecular weight excluding hydrogens is 363 g/mol. The highest BCUT2D eigenvalue weighted by atomic mass is 19.1. The van der Waals surface area contributed by atoms with E-state index < -0.39 is 24.1 Å². The monoisotopic (exact) mass is 384 g/mol. The highest BCUT2D eigenvalue weighted by Crippen LogP contribution is 2.29. The predicted molar refractivity (Wildman–Crippen MR) is 103 cm³/mol. The molecular formula is C21H21FN2O4. The van der Waals surface area contributed by atoms with Crippen molar-refractivity contribution in [2.45, 2.75) is 26.2 Å². The third-order valence-electron chi connectivity index (χ3n) is 4.82. The molecule has 0 aromatic heterocycles. The lowest BCUT2D eigenvalue weighted by atomic mass is 10.1. The Bertz CT molecular complexity index is 928. The largest absolute Gasteiger partial charge is 0.481 e. The first kappa shape index (κ1) is 19.5. The zero-order valence-corrected chi connectivity index (χ0v) is 15.4. The van der Waals surface area contributed by atoms with Gasteiger partial charge in [-0.05, 0) is 35.7 Å². The molecule has 2 N–H and O–H groups in total. The van der Waals surface area contributed by atoms with Crippen molar-refractivity contribution in [2.24, 2.45) is 5.92 Å². The SMILES string of the molecule is CCc1ccccc1N1CC(C(=O)Nc2ccc(CC(=O)O)c(F)c2)CC1=O. The maximum absolute atomic E-state index is 14.0. The summed E-state index contributed by atoms with van der Waals surface area (Å²) in [4.78, 5) is 37.3. The Morgan fingerprint density at radius 1 is 1.21 bits per heavy atom. The number of carbonyl (C=O) groups is 3. The minimum Gasteiger partial charge on any atom is -0.481 e. The number of hydrogen-bond acceptors (Lipinski definition) is 3. The summed E-state index contributed by atoms with van der Waals surface area (Å²) < 4.78 is 14.0. The van der Waals surface area contributed by atoms with E-state index in [9.17, 15) is 18.8 Å². The van der Waals surface area contributed by atoms with E-state index in [2.05, 4.69) is 5.32 Å². The van der Waals surface area contributed by atoms with Gasteiger partial charge in [-0.25, -0.2) is 4.39 Å². The molecule has 1 fully saturated rings. The lowest BCUT2D eigenvalue weighted by Crippen LogP contribution is -2.28. The van der Waals surface area contributed by atoms with Crippen LogP contribution in [0.5, 0.6) is 0 Å². The number of para-hydroxylation sites is 1. The summed E-state index contributed by atoms with van der Waals surface area (Å²) in [6.45, 7) is 2.27. The number of nitrogens with zero attached hydrogens (tertiary/aromatic N) is 1. The number of carboxylic acid groups (broad SMARTS) is 1. The number of halogens is 1. The molecule has 28 heavy (non-hydrogen) atoms. The molecule has 1 aliphatic rings. The van der Waals surface area contributed by atoms with Crippen LogP contribution in [0.3, 0.4) is 0 Å². The fourth-order valence-corrected chi connectivity index (χ4v) is 3.36. The normalized spacial score (nSPS) is 16.3. The summed E-state index contributed by atoms with van der Waals surface area (Å²) in [6.07, 6.45) is 0.436. The van der Waals surface area contributed by atoms with Crippen LogP contribution < -0.4 is 10.2 Å². The molecule has 0 spiro atoms. The molecule has 3 rings (SSSR count). The Morgan fingerprint density at radius 3 is 2.64 bits per heavy atom. The maximum atomic E-state index is 14.0. The minimum absolute atomic E-state index is 0.0453. The van der Waals surface area contributed by atoms with Crippen molar-refractivity contribution < 1.29 is 23.9 Å². The average Bonchev–Trinajstić information content (AvgIpc) is 3.05. The zero-order valence-electron chi connectivity index (χ0n) is 15.4. The van der Waals surface area contributed by atoms with Gasteiger partial charge in [0.15, 0.2) is 0 Å². The Hall–Kier alpha value is -3.22. The maximum Gasteiger partial charge on any atom is 0.307 e. The van der Waals surface area contributed by atoms with Gasteiger partial charge in [0.1, 0.15) is 5.82 Å². The van der Waals surface area contributed by atoms with Crippen LogP contribution in [0.15, 0.2) is 42.5 Å². The molecule has 1 unspecified atom stereocenters. The van der Waals surface area contributed by atoms with Gasteiger partial charge in [0.2, 0.25) is 11.8 Å². The summed E-state index contributed by atoms with van der Waals surface area (Å²) in [6, 6.07) is 11.5. The second-order valence-corrected chi connectivity index (χ2v) is 6.75. The van der Waals surface area contributed by atoms with E-state index in [-0.39, 0.29) is 36.0 Å². The third kappa shape index (κ3) is 4.19. The van der Waals surface area contributed by atoms with Crippen molar-refractivity contribution in [3.63, 3.8) is 0 Å². The van der Waals surface area contributed by atoms with E-state index in [1.807, 2.05) is 31.2 Å². The minimum atomic E-state index is -1.13. The van der Waals surface area contributed by atoms with E-state index in [0.717, 1.165) is 23.7 Å². The molecule has 1 saturated heterocycles. The smallest absolute Gasteiger partial charge is 0.307 e. The summed E-state index contributed by atoms with van der Waals surface area (Å²) >= 11 is 0. The van der Waals surface area contributed by atoms with E-state index in [1.54, 1.807) is 4.90 Å². The second-order valence-electron chi connectivity index (χ2n) is 6.75. The van der Waals surface area contributed by atoms with Gasteiger partial charge in [0, 0.05) is 24.3 Å². The number of rotatable bonds is 6. The first-order chi connectivity index (χ1) is 13.4. The molecule has 1 atom stereocenters. The predicted octanol–water partition coefficient (Wildman–Crippen LogP) is 3.01.